The van der Waals surface area contributed by atoms with Crippen molar-refractivity contribution in [2.75, 3.05) is 6.54 Å². The Balaban J connectivity index is 2.55. The van der Waals surface area contributed by atoms with Gasteiger partial charge in [-0.15, -0.1) is 0 Å². The van der Waals surface area contributed by atoms with Crippen LogP contribution in [0.25, 0.3) is 0 Å². The van der Waals surface area contributed by atoms with Gasteiger partial charge in [0.2, 0.25) is 11.8 Å². The van der Waals surface area contributed by atoms with Crippen LogP contribution in [0.2, 0.25) is 0 Å². The van der Waals surface area contributed by atoms with Gasteiger partial charge in [-0.1, -0.05) is 64.4 Å². The smallest absolute Gasteiger partial charge is 0.407 e. The fourth-order valence-corrected chi connectivity index (χ4v) is 3.04. The van der Waals surface area contributed by atoms with Gasteiger partial charge in [-0.2, -0.15) is 0 Å². The number of ether oxygens (including phenoxy) is 1. The fraction of sp³-hybridized carbons (Fsp3) is 0.609. The molecule has 30 heavy (non-hydrogen) atoms. The first-order valence-electron chi connectivity index (χ1n) is 10.9. The standard InChI is InChI=1S/C23H37N3O4/c1-5-7-13-24-22(28)20(6-2)26-21(27)15-19(14-17(3)4)25-23(29)30-16-18-11-9-8-10-12-18/h8-12,17,19-20H,5-7,13-16H2,1-4H3,(H,24,28)(H,25,29)(H,26,27). The molecule has 0 fully saturated rings. The molecule has 1 rings (SSSR count). The summed E-state index contributed by atoms with van der Waals surface area (Å²) in [5, 5.41) is 8.42. The maximum absolute atomic E-state index is 12.5. The number of unbranched alkanes of at least 4 members (excludes halogenated alkanes) is 1. The third-order valence-electron chi connectivity index (χ3n) is 4.61. The molecule has 3 amide bonds. The normalized spacial score (nSPS) is 12.7. The molecular formula is C23H37N3O4. The van der Waals surface area contributed by atoms with Crippen LogP contribution in [0, 0.1) is 5.92 Å². The molecule has 168 valence electrons. The summed E-state index contributed by atoms with van der Waals surface area (Å²) >= 11 is 0. The highest BCUT2D eigenvalue weighted by molar-refractivity contribution is 5.87. The Morgan fingerprint density at radius 1 is 1.03 bits per heavy atom. The van der Waals surface area contributed by atoms with E-state index in [1.54, 1.807) is 0 Å². The molecule has 0 aliphatic heterocycles. The van der Waals surface area contributed by atoms with E-state index in [2.05, 4.69) is 22.9 Å². The summed E-state index contributed by atoms with van der Waals surface area (Å²) in [7, 11) is 0. The SMILES string of the molecule is CCCCNC(=O)C(CC)NC(=O)CC(CC(C)C)NC(=O)OCc1ccccc1. The van der Waals surface area contributed by atoms with Crippen molar-refractivity contribution >= 4 is 17.9 Å². The molecule has 0 aromatic heterocycles. The highest BCUT2D eigenvalue weighted by atomic mass is 16.5. The molecule has 0 saturated heterocycles. The molecule has 0 aliphatic carbocycles. The second-order valence-electron chi connectivity index (χ2n) is 7.91. The van der Waals surface area contributed by atoms with Gasteiger partial charge in [0.1, 0.15) is 12.6 Å². The molecule has 0 saturated carbocycles. The maximum Gasteiger partial charge on any atom is 0.407 e. The van der Waals surface area contributed by atoms with Crippen LogP contribution in [0.4, 0.5) is 4.79 Å². The van der Waals surface area contributed by atoms with E-state index < -0.39 is 12.1 Å². The number of rotatable bonds is 13. The zero-order chi connectivity index (χ0) is 22.4. The van der Waals surface area contributed by atoms with Crippen molar-refractivity contribution < 1.29 is 19.1 Å². The van der Waals surface area contributed by atoms with E-state index >= 15 is 0 Å². The van der Waals surface area contributed by atoms with Crippen LogP contribution < -0.4 is 16.0 Å². The first kappa shape index (κ1) is 25.5. The molecule has 0 heterocycles. The maximum atomic E-state index is 12.5. The second-order valence-corrected chi connectivity index (χ2v) is 7.91. The topological polar surface area (TPSA) is 96.5 Å². The Morgan fingerprint density at radius 2 is 1.73 bits per heavy atom. The minimum absolute atomic E-state index is 0.0946. The minimum atomic E-state index is -0.570. The van der Waals surface area contributed by atoms with Crippen LogP contribution in [0.1, 0.15) is 65.4 Å². The van der Waals surface area contributed by atoms with Gasteiger partial charge in [-0.25, -0.2) is 4.79 Å². The van der Waals surface area contributed by atoms with Crippen LogP contribution in [0.15, 0.2) is 30.3 Å². The summed E-state index contributed by atoms with van der Waals surface area (Å²) in [6.07, 6.45) is 2.57. The van der Waals surface area contributed by atoms with Crippen molar-refractivity contribution in [2.45, 2.75) is 78.5 Å². The molecule has 7 heteroatoms. The number of benzene rings is 1. The zero-order valence-corrected chi connectivity index (χ0v) is 18.7. The number of hydrogen-bond acceptors (Lipinski definition) is 4. The third-order valence-corrected chi connectivity index (χ3v) is 4.61. The van der Waals surface area contributed by atoms with E-state index in [0.717, 1.165) is 18.4 Å². The van der Waals surface area contributed by atoms with Crippen LogP contribution >= 0.6 is 0 Å². The molecule has 7 nitrogen and oxygen atoms in total. The molecule has 2 atom stereocenters. The Kier molecular flexibility index (Phi) is 12.2. The first-order chi connectivity index (χ1) is 14.3. The van der Waals surface area contributed by atoms with Crippen molar-refractivity contribution in [1.82, 2.24) is 16.0 Å². The van der Waals surface area contributed by atoms with E-state index in [0.29, 0.717) is 19.4 Å². The van der Waals surface area contributed by atoms with Crippen molar-refractivity contribution in [3.8, 4) is 0 Å². The van der Waals surface area contributed by atoms with Crippen molar-refractivity contribution in [3.05, 3.63) is 35.9 Å². The van der Waals surface area contributed by atoms with E-state index in [1.165, 1.54) is 0 Å². The van der Waals surface area contributed by atoms with E-state index in [4.69, 9.17) is 4.74 Å². The number of nitrogens with one attached hydrogen (secondary N) is 3. The molecule has 3 N–H and O–H groups in total. The van der Waals surface area contributed by atoms with Crippen LogP contribution in [0.3, 0.4) is 0 Å². The van der Waals surface area contributed by atoms with Gasteiger partial charge >= 0.3 is 6.09 Å². The lowest BCUT2D eigenvalue weighted by atomic mass is 10.0. The van der Waals surface area contributed by atoms with Crippen molar-refractivity contribution in [3.63, 3.8) is 0 Å². The average molecular weight is 420 g/mol. The Hall–Kier alpha value is -2.57. The largest absolute Gasteiger partial charge is 0.445 e. The Morgan fingerprint density at radius 3 is 2.33 bits per heavy atom. The quantitative estimate of drug-likeness (QED) is 0.426. The van der Waals surface area contributed by atoms with Gasteiger partial charge < -0.3 is 20.7 Å². The molecule has 0 radical (unpaired) electrons. The average Bonchev–Trinajstić information content (AvgIpc) is 2.70. The van der Waals surface area contributed by atoms with Gasteiger partial charge in [0, 0.05) is 19.0 Å². The first-order valence-corrected chi connectivity index (χ1v) is 10.9. The summed E-state index contributed by atoms with van der Waals surface area (Å²) in [5.74, 6) is -0.145. The number of carbonyl (C=O) groups is 3. The summed E-state index contributed by atoms with van der Waals surface area (Å²) in [6, 6.07) is 8.48. The third kappa shape index (κ3) is 10.8. The summed E-state index contributed by atoms with van der Waals surface area (Å²) in [6.45, 7) is 8.73. The number of alkyl carbamates (subject to hydrolysis) is 1. The molecular weight excluding hydrogens is 382 g/mol. The monoisotopic (exact) mass is 419 g/mol. The summed E-state index contributed by atoms with van der Waals surface area (Å²) in [4.78, 5) is 36.9. The predicted molar refractivity (Wildman–Crippen MR) is 118 cm³/mol. The zero-order valence-electron chi connectivity index (χ0n) is 18.7. The van der Waals surface area contributed by atoms with E-state index in [-0.39, 0.29) is 36.8 Å². The molecule has 2 unspecified atom stereocenters. The van der Waals surface area contributed by atoms with Crippen molar-refractivity contribution in [2.24, 2.45) is 5.92 Å². The molecule has 1 aromatic carbocycles. The summed E-state index contributed by atoms with van der Waals surface area (Å²) < 4.78 is 5.27. The van der Waals surface area contributed by atoms with Crippen molar-refractivity contribution in [1.29, 1.82) is 0 Å². The lowest BCUT2D eigenvalue weighted by Crippen LogP contribution is -2.48. The second kappa shape index (κ2) is 14.4. The van der Waals surface area contributed by atoms with Gasteiger partial charge in [-0.05, 0) is 30.7 Å². The lowest BCUT2D eigenvalue weighted by Gasteiger charge is -2.22. The van der Waals surface area contributed by atoms with Gasteiger partial charge in [0.25, 0.3) is 0 Å². The highest BCUT2D eigenvalue weighted by Gasteiger charge is 2.23. The number of amides is 3. The molecule has 0 bridgehead atoms. The highest BCUT2D eigenvalue weighted by Crippen LogP contribution is 2.10. The van der Waals surface area contributed by atoms with Gasteiger partial charge in [0.15, 0.2) is 0 Å². The fourth-order valence-electron chi connectivity index (χ4n) is 3.04. The van der Waals surface area contributed by atoms with Crippen LogP contribution in [0.5, 0.6) is 0 Å². The molecule has 1 aromatic rings. The lowest BCUT2D eigenvalue weighted by molar-refractivity contribution is -0.129. The number of carbonyl (C=O) groups excluding carboxylic acids is 3. The Labute approximate surface area is 180 Å². The minimum Gasteiger partial charge on any atom is -0.445 e. The van der Waals surface area contributed by atoms with Crippen LogP contribution in [-0.4, -0.2) is 36.5 Å². The van der Waals surface area contributed by atoms with E-state index in [1.807, 2.05) is 51.1 Å². The van der Waals surface area contributed by atoms with Crippen LogP contribution in [-0.2, 0) is 20.9 Å². The van der Waals surface area contributed by atoms with Gasteiger partial charge in [0.05, 0.1) is 0 Å². The molecule has 0 aliphatic rings. The molecule has 0 spiro atoms. The summed E-state index contributed by atoms with van der Waals surface area (Å²) in [5.41, 5.74) is 0.894. The Bertz CT molecular complexity index is 649. The number of hydrogen-bond donors (Lipinski definition) is 3. The van der Waals surface area contributed by atoms with E-state index in [9.17, 15) is 14.4 Å². The van der Waals surface area contributed by atoms with Gasteiger partial charge in [-0.3, -0.25) is 9.59 Å². The predicted octanol–water partition coefficient (Wildman–Crippen LogP) is 3.53.